The second-order valence-electron chi connectivity index (χ2n) is 4.45. The Hall–Kier alpha value is -1.35. The van der Waals surface area contributed by atoms with Crippen molar-refractivity contribution in [3.63, 3.8) is 0 Å². The van der Waals surface area contributed by atoms with Crippen LogP contribution in [0.1, 0.15) is 31.4 Å². The number of nitrogens with one attached hydrogen (secondary N) is 2. The minimum atomic E-state index is 0.0950. The number of carbonyl (C=O) groups excluding carboxylic acids is 1. The third kappa shape index (κ3) is 5.82. The molecule has 0 saturated carbocycles. The van der Waals surface area contributed by atoms with E-state index in [4.69, 9.17) is 0 Å². The van der Waals surface area contributed by atoms with Gasteiger partial charge in [0.25, 0.3) is 0 Å². The first-order valence-corrected chi connectivity index (χ1v) is 6.81. The predicted octanol–water partition coefficient (Wildman–Crippen LogP) is 1.91. The molecule has 3 heteroatoms. The minimum Gasteiger partial charge on any atom is -0.355 e. The number of amides is 1. The van der Waals surface area contributed by atoms with Gasteiger partial charge in [-0.1, -0.05) is 38.1 Å². The van der Waals surface area contributed by atoms with Crippen molar-refractivity contribution in [1.29, 1.82) is 0 Å². The number of hydrogen-bond donors (Lipinski definition) is 2. The maximum Gasteiger partial charge on any atom is 0.224 e. The molecule has 3 nitrogen and oxygen atoms in total. The van der Waals surface area contributed by atoms with Gasteiger partial charge in [-0.15, -0.1) is 0 Å². The molecule has 0 aliphatic rings. The summed E-state index contributed by atoms with van der Waals surface area (Å²) < 4.78 is 0. The fourth-order valence-electron chi connectivity index (χ4n) is 1.73. The highest BCUT2D eigenvalue weighted by atomic mass is 16.1. The summed E-state index contributed by atoms with van der Waals surface area (Å²) in [6.07, 6.45) is 2.63. The SMILES string of the molecule is CCCNCCNC(=O)Cc1ccc(CC)cc1. The third-order valence-corrected chi connectivity index (χ3v) is 2.85. The van der Waals surface area contributed by atoms with Gasteiger partial charge in [-0.2, -0.15) is 0 Å². The smallest absolute Gasteiger partial charge is 0.224 e. The molecule has 0 aliphatic carbocycles. The topological polar surface area (TPSA) is 41.1 Å². The molecule has 0 bridgehead atoms. The molecule has 0 spiro atoms. The van der Waals surface area contributed by atoms with E-state index in [0.29, 0.717) is 13.0 Å². The molecular weight excluding hydrogens is 224 g/mol. The van der Waals surface area contributed by atoms with Crippen LogP contribution in [0.2, 0.25) is 0 Å². The van der Waals surface area contributed by atoms with Gasteiger partial charge >= 0.3 is 0 Å². The molecule has 0 heterocycles. The normalized spacial score (nSPS) is 10.3. The van der Waals surface area contributed by atoms with Gasteiger partial charge < -0.3 is 10.6 Å². The van der Waals surface area contributed by atoms with E-state index in [1.54, 1.807) is 0 Å². The lowest BCUT2D eigenvalue weighted by Gasteiger charge is -2.06. The van der Waals surface area contributed by atoms with E-state index < -0.39 is 0 Å². The zero-order valence-corrected chi connectivity index (χ0v) is 11.5. The summed E-state index contributed by atoms with van der Waals surface area (Å²) in [5.74, 6) is 0.0950. The van der Waals surface area contributed by atoms with Crippen molar-refractivity contribution in [2.45, 2.75) is 33.1 Å². The lowest BCUT2D eigenvalue weighted by molar-refractivity contribution is -0.120. The predicted molar refractivity (Wildman–Crippen MR) is 75.7 cm³/mol. The Morgan fingerprint density at radius 1 is 1.00 bits per heavy atom. The second-order valence-corrected chi connectivity index (χ2v) is 4.45. The summed E-state index contributed by atoms with van der Waals surface area (Å²) in [6, 6.07) is 8.25. The number of aryl methyl sites for hydroxylation is 1. The molecule has 0 atom stereocenters. The molecule has 1 rings (SSSR count). The Balaban J connectivity index is 2.22. The van der Waals surface area contributed by atoms with Crippen molar-refractivity contribution in [2.24, 2.45) is 0 Å². The minimum absolute atomic E-state index is 0.0950. The summed E-state index contributed by atoms with van der Waals surface area (Å²) in [5.41, 5.74) is 2.38. The molecule has 0 aromatic heterocycles. The van der Waals surface area contributed by atoms with Gasteiger partial charge in [-0.25, -0.2) is 0 Å². The molecule has 0 unspecified atom stereocenters. The van der Waals surface area contributed by atoms with Gasteiger partial charge in [0.2, 0.25) is 5.91 Å². The van der Waals surface area contributed by atoms with Gasteiger partial charge in [-0.05, 0) is 30.5 Å². The molecular formula is C15H24N2O. The van der Waals surface area contributed by atoms with Crippen LogP contribution in [0, 0.1) is 0 Å². The Kier molecular flexibility index (Phi) is 7.11. The standard InChI is InChI=1S/C15H24N2O/c1-3-9-16-10-11-17-15(18)12-14-7-5-13(4-2)6-8-14/h5-8,16H,3-4,9-12H2,1-2H3,(H,17,18). The van der Waals surface area contributed by atoms with Gasteiger partial charge in [0.15, 0.2) is 0 Å². The fourth-order valence-corrected chi connectivity index (χ4v) is 1.73. The fraction of sp³-hybridized carbons (Fsp3) is 0.533. The zero-order valence-electron chi connectivity index (χ0n) is 11.5. The Morgan fingerprint density at radius 2 is 1.67 bits per heavy atom. The summed E-state index contributed by atoms with van der Waals surface area (Å²) in [5, 5.41) is 6.17. The van der Waals surface area contributed by atoms with Crippen molar-refractivity contribution in [3.8, 4) is 0 Å². The van der Waals surface area contributed by atoms with Crippen LogP contribution < -0.4 is 10.6 Å². The molecule has 18 heavy (non-hydrogen) atoms. The molecule has 2 N–H and O–H groups in total. The van der Waals surface area contributed by atoms with E-state index in [1.807, 2.05) is 12.1 Å². The number of benzene rings is 1. The van der Waals surface area contributed by atoms with Gasteiger partial charge in [0.05, 0.1) is 6.42 Å². The van der Waals surface area contributed by atoms with E-state index >= 15 is 0 Å². The van der Waals surface area contributed by atoms with E-state index in [0.717, 1.165) is 31.5 Å². The Bertz CT molecular complexity index is 346. The van der Waals surface area contributed by atoms with Crippen LogP contribution in [-0.4, -0.2) is 25.5 Å². The highest BCUT2D eigenvalue weighted by Gasteiger charge is 2.02. The first-order chi connectivity index (χ1) is 8.76. The molecule has 0 radical (unpaired) electrons. The van der Waals surface area contributed by atoms with Crippen LogP contribution in [0.4, 0.5) is 0 Å². The average molecular weight is 248 g/mol. The molecule has 1 aromatic rings. The highest BCUT2D eigenvalue weighted by Crippen LogP contribution is 2.05. The van der Waals surface area contributed by atoms with Crippen LogP contribution in [-0.2, 0) is 17.6 Å². The van der Waals surface area contributed by atoms with Crippen LogP contribution in [0.3, 0.4) is 0 Å². The first kappa shape index (κ1) is 14.7. The first-order valence-electron chi connectivity index (χ1n) is 6.81. The highest BCUT2D eigenvalue weighted by molar-refractivity contribution is 5.78. The summed E-state index contributed by atoms with van der Waals surface area (Å²) >= 11 is 0. The molecule has 1 aromatic carbocycles. The van der Waals surface area contributed by atoms with E-state index in [-0.39, 0.29) is 5.91 Å². The summed E-state index contributed by atoms with van der Waals surface area (Å²) in [6.45, 7) is 6.81. The third-order valence-electron chi connectivity index (χ3n) is 2.85. The van der Waals surface area contributed by atoms with Crippen molar-refractivity contribution in [1.82, 2.24) is 10.6 Å². The second kappa shape index (κ2) is 8.70. The molecule has 0 aliphatic heterocycles. The molecule has 0 fully saturated rings. The largest absolute Gasteiger partial charge is 0.355 e. The van der Waals surface area contributed by atoms with Gasteiger partial charge in [0, 0.05) is 13.1 Å². The Morgan fingerprint density at radius 3 is 2.28 bits per heavy atom. The lowest BCUT2D eigenvalue weighted by Crippen LogP contribution is -2.32. The number of rotatable bonds is 8. The summed E-state index contributed by atoms with van der Waals surface area (Å²) in [4.78, 5) is 11.7. The van der Waals surface area contributed by atoms with Crippen molar-refractivity contribution in [3.05, 3.63) is 35.4 Å². The lowest BCUT2D eigenvalue weighted by atomic mass is 10.1. The van der Waals surface area contributed by atoms with E-state index in [2.05, 4.69) is 36.6 Å². The molecule has 1 amide bonds. The van der Waals surface area contributed by atoms with Crippen molar-refractivity contribution < 1.29 is 4.79 Å². The molecule has 100 valence electrons. The molecule has 0 saturated heterocycles. The van der Waals surface area contributed by atoms with Crippen LogP contribution in [0.25, 0.3) is 0 Å². The van der Waals surface area contributed by atoms with Crippen molar-refractivity contribution >= 4 is 5.91 Å². The van der Waals surface area contributed by atoms with Crippen LogP contribution in [0.15, 0.2) is 24.3 Å². The van der Waals surface area contributed by atoms with Gasteiger partial charge in [0.1, 0.15) is 0 Å². The monoisotopic (exact) mass is 248 g/mol. The zero-order chi connectivity index (χ0) is 13.2. The van der Waals surface area contributed by atoms with E-state index in [9.17, 15) is 4.79 Å². The maximum absolute atomic E-state index is 11.7. The van der Waals surface area contributed by atoms with E-state index in [1.165, 1.54) is 5.56 Å². The quantitative estimate of drug-likeness (QED) is 0.690. The number of carbonyl (C=O) groups is 1. The Labute approximate surface area is 110 Å². The number of hydrogen-bond acceptors (Lipinski definition) is 2. The summed E-state index contributed by atoms with van der Waals surface area (Å²) in [7, 11) is 0. The maximum atomic E-state index is 11.7. The van der Waals surface area contributed by atoms with Crippen LogP contribution >= 0.6 is 0 Å². The van der Waals surface area contributed by atoms with Crippen LogP contribution in [0.5, 0.6) is 0 Å². The van der Waals surface area contributed by atoms with Gasteiger partial charge in [-0.3, -0.25) is 4.79 Å². The average Bonchev–Trinajstić information content (AvgIpc) is 2.39. The van der Waals surface area contributed by atoms with Crippen molar-refractivity contribution in [2.75, 3.05) is 19.6 Å².